The van der Waals surface area contributed by atoms with Gasteiger partial charge in [-0.05, 0) is 43.9 Å². The molecular formula is C24H26F2N4O3. The molecule has 1 fully saturated rings. The van der Waals surface area contributed by atoms with Gasteiger partial charge in [-0.25, -0.2) is 23.7 Å². The van der Waals surface area contributed by atoms with Crippen LogP contribution < -0.4 is 10.1 Å². The van der Waals surface area contributed by atoms with E-state index in [-0.39, 0.29) is 43.1 Å². The standard InChI is InChI=1S/C24H26F2N4O3/c1-14-7-22(28-10-19(14)26)30-23(31)18-9-24(18,16-5-4-6-17(25)8-16)13-33-21-11-27-15(2)29-20(21)12-32-3/h4-7,10-11,16,18H,8-9,12-13H2,1-3H3,(H,28,30,31)/t16?,18-,24+/m0/s1. The summed E-state index contributed by atoms with van der Waals surface area (Å²) in [7, 11) is 1.57. The minimum atomic E-state index is -0.601. The largest absolute Gasteiger partial charge is 0.489 e. The predicted octanol–water partition coefficient (Wildman–Crippen LogP) is 4.23. The van der Waals surface area contributed by atoms with E-state index in [9.17, 15) is 13.6 Å². The van der Waals surface area contributed by atoms with Crippen LogP contribution in [0.25, 0.3) is 0 Å². The fourth-order valence-electron chi connectivity index (χ4n) is 4.29. The molecule has 0 spiro atoms. The van der Waals surface area contributed by atoms with Gasteiger partial charge in [0, 0.05) is 24.9 Å². The van der Waals surface area contributed by atoms with Crippen molar-refractivity contribution < 1.29 is 23.0 Å². The molecule has 2 aromatic heterocycles. The highest BCUT2D eigenvalue weighted by Gasteiger charge is 2.62. The molecule has 2 heterocycles. The quantitative estimate of drug-likeness (QED) is 0.640. The molecule has 0 saturated heterocycles. The average Bonchev–Trinajstić information content (AvgIpc) is 3.52. The second-order valence-corrected chi connectivity index (χ2v) is 8.56. The Balaban J connectivity index is 1.54. The lowest BCUT2D eigenvalue weighted by Crippen LogP contribution is -2.30. The molecule has 174 valence electrons. The predicted molar refractivity (Wildman–Crippen MR) is 118 cm³/mol. The molecule has 3 atom stereocenters. The lowest BCUT2D eigenvalue weighted by Gasteiger charge is -2.27. The molecule has 1 amide bonds. The molecule has 0 bridgehead atoms. The van der Waals surface area contributed by atoms with Crippen molar-refractivity contribution in [2.45, 2.75) is 33.3 Å². The van der Waals surface area contributed by atoms with Crippen LogP contribution in [-0.2, 0) is 16.1 Å². The van der Waals surface area contributed by atoms with Gasteiger partial charge in [0.2, 0.25) is 5.91 Å². The van der Waals surface area contributed by atoms with Gasteiger partial charge in [-0.2, -0.15) is 0 Å². The van der Waals surface area contributed by atoms with Gasteiger partial charge < -0.3 is 14.8 Å². The van der Waals surface area contributed by atoms with Crippen molar-refractivity contribution in [1.82, 2.24) is 15.0 Å². The number of anilines is 1. The van der Waals surface area contributed by atoms with Crippen molar-refractivity contribution >= 4 is 11.7 Å². The fourth-order valence-corrected chi connectivity index (χ4v) is 4.29. The number of nitrogens with zero attached hydrogens (tertiary/aromatic N) is 3. The second-order valence-electron chi connectivity index (χ2n) is 8.56. The number of ether oxygens (including phenoxy) is 2. The summed E-state index contributed by atoms with van der Waals surface area (Å²) in [6.07, 6.45) is 8.41. The molecule has 0 aromatic carbocycles. The topological polar surface area (TPSA) is 86.2 Å². The first-order valence-electron chi connectivity index (χ1n) is 10.7. The highest BCUT2D eigenvalue weighted by Crippen LogP contribution is 2.60. The smallest absolute Gasteiger partial charge is 0.229 e. The molecule has 2 aliphatic rings. The summed E-state index contributed by atoms with van der Waals surface area (Å²) in [6, 6.07) is 1.48. The first kappa shape index (κ1) is 23.0. The van der Waals surface area contributed by atoms with Crippen molar-refractivity contribution in [3.05, 3.63) is 65.4 Å². The van der Waals surface area contributed by atoms with Gasteiger partial charge in [-0.1, -0.05) is 12.2 Å². The molecule has 2 aliphatic carbocycles. The van der Waals surface area contributed by atoms with Crippen molar-refractivity contribution in [1.29, 1.82) is 0 Å². The van der Waals surface area contributed by atoms with Crippen molar-refractivity contribution in [3.8, 4) is 5.75 Å². The number of allylic oxidation sites excluding steroid dienone is 4. The lowest BCUT2D eigenvalue weighted by atomic mass is 9.82. The van der Waals surface area contributed by atoms with Gasteiger partial charge in [0.25, 0.3) is 0 Å². The molecule has 2 aromatic rings. The normalized spacial score (nSPS) is 23.7. The lowest BCUT2D eigenvalue weighted by molar-refractivity contribution is -0.118. The minimum Gasteiger partial charge on any atom is -0.489 e. The molecule has 0 radical (unpaired) electrons. The van der Waals surface area contributed by atoms with Gasteiger partial charge in [0.15, 0.2) is 5.75 Å². The number of aromatic nitrogens is 3. The molecule has 4 rings (SSSR count). The Labute approximate surface area is 191 Å². The first-order valence-corrected chi connectivity index (χ1v) is 10.7. The van der Waals surface area contributed by atoms with E-state index in [2.05, 4.69) is 20.3 Å². The van der Waals surface area contributed by atoms with Crippen LogP contribution in [0.4, 0.5) is 14.6 Å². The highest BCUT2D eigenvalue weighted by molar-refractivity contribution is 5.94. The van der Waals surface area contributed by atoms with Gasteiger partial charge in [0.05, 0.1) is 25.6 Å². The number of halogens is 2. The Kier molecular flexibility index (Phi) is 6.51. The number of pyridine rings is 1. The van der Waals surface area contributed by atoms with E-state index in [0.29, 0.717) is 29.3 Å². The third-order valence-electron chi connectivity index (χ3n) is 6.23. The average molecular weight is 456 g/mol. The second kappa shape index (κ2) is 9.35. The van der Waals surface area contributed by atoms with Crippen LogP contribution in [0.5, 0.6) is 5.75 Å². The summed E-state index contributed by atoms with van der Waals surface area (Å²) >= 11 is 0. The summed E-state index contributed by atoms with van der Waals surface area (Å²) in [5.74, 6) is -0.206. The van der Waals surface area contributed by atoms with Crippen LogP contribution in [0.1, 0.15) is 29.9 Å². The number of carbonyl (C=O) groups is 1. The van der Waals surface area contributed by atoms with Crippen molar-refractivity contribution in [2.75, 3.05) is 19.0 Å². The number of aryl methyl sites for hydroxylation is 2. The zero-order valence-corrected chi connectivity index (χ0v) is 18.8. The molecule has 33 heavy (non-hydrogen) atoms. The van der Waals surface area contributed by atoms with Crippen LogP contribution in [0.3, 0.4) is 0 Å². The van der Waals surface area contributed by atoms with E-state index in [1.165, 1.54) is 12.1 Å². The number of hydrogen-bond donors (Lipinski definition) is 1. The van der Waals surface area contributed by atoms with E-state index < -0.39 is 17.2 Å². The minimum absolute atomic E-state index is 0.187. The zero-order valence-electron chi connectivity index (χ0n) is 18.8. The van der Waals surface area contributed by atoms with Gasteiger partial charge in [-0.15, -0.1) is 0 Å². The Morgan fingerprint density at radius 2 is 2.09 bits per heavy atom. The molecule has 9 heteroatoms. The fraction of sp³-hybridized carbons (Fsp3) is 0.417. The van der Waals surface area contributed by atoms with Gasteiger partial charge in [-0.3, -0.25) is 4.79 Å². The Morgan fingerprint density at radius 3 is 2.82 bits per heavy atom. The van der Waals surface area contributed by atoms with Gasteiger partial charge >= 0.3 is 0 Å². The zero-order chi connectivity index (χ0) is 23.6. The van der Waals surface area contributed by atoms with Gasteiger partial charge in [0.1, 0.15) is 29.0 Å². The molecule has 1 unspecified atom stereocenters. The summed E-state index contributed by atoms with van der Waals surface area (Å²) in [4.78, 5) is 25.6. The van der Waals surface area contributed by atoms with Crippen LogP contribution in [0.15, 0.2) is 42.5 Å². The molecule has 1 saturated carbocycles. The Bertz CT molecular complexity index is 1120. The summed E-state index contributed by atoms with van der Waals surface area (Å²) < 4.78 is 38.9. The van der Waals surface area contributed by atoms with Crippen LogP contribution in [0, 0.1) is 36.9 Å². The van der Waals surface area contributed by atoms with Crippen LogP contribution in [0.2, 0.25) is 0 Å². The number of methoxy groups -OCH3 is 1. The number of nitrogens with one attached hydrogen (secondary N) is 1. The third-order valence-corrected chi connectivity index (χ3v) is 6.23. The Morgan fingerprint density at radius 1 is 1.27 bits per heavy atom. The number of amides is 1. The van der Waals surface area contributed by atoms with E-state index in [1.807, 2.05) is 6.08 Å². The van der Waals surface area contributed by atoms with E-state index >= 15 is 0 Å². The molecule has 7 nitrogen and oxygen atoms in total. The number of rotatable bonds is 8. The SMILES string of the molecule is COCc1nc(C)ncc1OC[C@@]1(C2C=CC=C(F)C2)C[C@H]1C(=O)Nc1cc(C)c(F)cn1. The van der Waals surface area contributed by atoms with Crippen LogP contribution >= 0.6 is 0 Å². The maximum Gasteiger partial charge on any atom is 0.229 e. The van der Waals surface area contributed by atoms with Crippen LogP contribution in [-0.4, -0.2) is 34.6 Å². The molecular weight excluding hydrogens is 430 g/mol. The summed E-state index contributed by atoms with van der Waals surface area (Å²) in [5, 5.41) is 2.76. The summed E-state index contributed by atoms with van der Waals surface area (Å²) in [5.41, 5.74) is 0.396. The Hall–Kier alpha value is -3.20. The third kappa shape index (κ3) is 4.93. The first-order chi connectivity index (χ1) is 15.8. The van der Waals surface area contributed by atoms with Crippen molar-refractivity contribution in [2.24, 2.45) is 17.3 Å². The summed E-state index contributed by atoms with van der Waals surface area (Å²) in [6.45, 7) is 3.82. The van der Waals surface area contributed by atoms with Crippen molar-refractivity contribution in [3.63, 3.8) is 0 Å². The maximum atomic E-state index is 14.1. The molecule has 0 aliphatic heterocycles. The highest BCUT2D eigenvalue weighted by atomic mass is 19.1. The van der Waals surface area contributed by atoms with E-state index in [0.717, 1.165) is 6.20 Å². The monoisotopic (exact) mass is 456 g/mol. The maximum absolute atomic E-state index is 14.1. The number of hydrogen-bond acceptors (Lipinski definition) is 6. The molecule has 1 N–H and O–H groups in total. The van der Waals surface area contributed by atoms with E-state index in [4.69, 9.17) is 9.47 Å². The number of carbonyl (C=O) groups excluding carboxylic acids is 1. The van der Waals surface area contributed by atoms with E-state index in [1.54, 1.807) is 33.2 Å².